The van der Waals surface area contributed by atoms with Crippen LogP contribution in [0, 0.1) is 0 Å². The van der Waals surface area contributed by atoms with E-state index in [9.17, 15) is 4.79 Å². The fourth-order valence-electron chi connectivity index (χ4n) is 2.54. The van der Waals surface area contributed by atoms with Crippen molar-refractivity contribution >= 4 is 17.2 Å². The van der Waals surface area contributed by atoms with Crippen LogP contribution in [0.1, 0.15) is 25.5 Å². The highest BCUT2D eigenvalue weighted by Crippen LogP contribution is 2.20. The Kier molecular flexibility index (Phi) is 4.74. The van der Waals surface area contributed by atoms with Crippen LogP contribution in [0.3, 0.4) is 0 Å². The molecule has 1 aliphatic heterocycles. The van der Waals surface area contributed by atoms with E-state index in [1.165, 1.54) is 24.2 Å². The second-order valence-corrected chi connectivity index (χ2v) is 6.23. The van der Waals surface area contributed by atoms with E-state index >= 15 is 0 Å². The van der Waals surface area contributed by atoms with Crippen molar-refractivity contribution in [2.45, 2.75) is 32.4 Å². The molecule has 3 rings (SSSR count). The number of rotatable bonds is 5. The summed E-state index contributed by atoms with van der Waals surface area (Å²) >= 11 is 1.51. The van der Waals surface area contributed by atoms with Crippen LogP contribution in [0.15, 0.2) is 24.0 Å². The predicted octanol–water partition coefficient (Wildman–Crippen LogP) is 1.70. The smallest absolute Gasteiger partial charge is 0.237 e. The lowest BCUT2D eigenvalue weighted by Gasteiger charge is -2.22. The third kappa shape index (κ3) is 3.48. The SMILES string of the molecule is C[C@H](C(=O)NCc1csc(-c2cnccn2)n1)N1CCCC1. The maximum Gasteiger partial charge on any atom is 0.237 e. The fraction of sp³-hybridized carbons (Fsp3) is 0.467. The van der Waals surface area contributed by atoms with E-state index in [1.807, 2.05) is 12.3 Å². The van der Waals surface area contributed by atoms with Gasteiger partial charge in [0.1, 0.15) is 10.7 Å². The first-order chi connectivity index (χ1) is 10.7. The number of thiazole rings is 1. The Balaban J connectivity index is 1.55. The summed E-state index contributed by atoms with van der Waals surface area (Å²) in [6.07, 6.45) is 7.35. The first kappa shape index (κ1) is 15.1. The van der Waals surface area contributed by atoms with Crippen LogP contribution in [0.2, 0.25) is 0 Å². The van der Waals surface area contributed by atoms with E-state index in [2.05, 4.69) is 25.2 Å². The highest BCUT2D eigenvalue weighted by molar-refractivity contribution is 7.13. The Bertz CT molecular complexity index is 624. The van der Waals surface area contributed by atoms with Crippen molar-refractivity contribution in [3.8, 4) is 10.7 Å². The van der Waals surface area contributed by atoms with Crippen LogP contribution in [0.5, 0.6) is 0 Å². The molecule has 1 saturated heterocycles. The number of carbonyl (C=O) groups is 1. The van der Waals surface area contributed by atoms with Crippen LogP contribution >= 0.6 is 11.3 Å². The Morgan fingerprint density at radius 2 is 2.23 bits per heavy atom. The molecule has 22 heavy (non-hydrogen) atoms. The summed E-state index contributed by atoms with van der Waals surface area (Å²) < 4.78 is 0. The lowest BCUT2D eigenvalue weighted by Crippen LogP contribution is -2.43. The zero-order valence-electron chi connectivity index (χ0n) is 12.5. The molecule has 3 heterocycles. The molecule has 0 aromatic carbocycles. The molecule has 0 bridgehead atoms. The van der Waals surface area contributed by atoms with Gasteiger partial charge in [0.2, 0.25) is 5.91 Å². The monoisotopic (exact) mass is 317 g/mol. The number of hydrogen-bond acceptors (Lipinski definition) is 6. The van der Waals surface area contributed by atoms with Gasteiger partial charge in [-0.25, -0.2) is 4.98 Å². The van der Waals surface area contributed by atoms with E-state index in [0.29, 0.717) is 6.54 Å². The van der Waals surface area contributed by atoms with Gasteiger partial charge < -0.3 is 5.32 Å². The molecule has 1 aliphatic rings. The summed E-state index contributed by atoms with van der Waals surface area (Å²) in [4.78, 5) is 27.2. The topological polar surface area (TPSA) is 71.0 Å². The van der Waals surface area contributed by atoms with Crippen molar-refractivity contribution in [2.24, 2.45) is 0 Å². The summed E-state index contributed by atoms with van der Waals surface area (Å²) in [5.41, 5.74) is 1.61. The Morgan fingerprint density at radius 3 is 2.95 bits per heavy atom. The maximum atomic E-state index is 12.2. The number of nitrogens with zero attached hydrogens (tertiary/aromatic N) is 4. The lowest BCUT2D eigenvalue weighted by molar-refractivity contribution is -0.125. The van der Waals surface area contributed by atoms with E-state index in [-0.39, 0.29) is 11.9 Å². The Hall–Kier alpha value is -1.86. The number of likely N-dealkylation sites (tertiary alicyclic amines) is 1. The van der Waals surface area contributed by atoms with Gasteiger partial charge in [-0.15, -0.1) is 11.3 Å². The molecule has 0 aliphatic carbocycles. The molecule has 1 amide bonds. The quantitative estimate of drug-likeness (QED) is 0.909. The first-order valence-corrected chi connectivity index (χ1v) is 8.34. The maximum absolute atomic E-state index is 12.2. The number of hydrogen-bond donors (Lipinski definition) is 1. The van der Waals surface area contributed by atoms with Gasteiger partial charge >= 0.3 is 0 Å². The fourth-order valence-corrected chi connectivity index (χ4v) is 3.32. The summed E-state index contributed by atoms with van der Waals surface area (Å²) in [6.45, 7) is 4.45. The zero-order valence-corrected chi connectivity index (χ0v) is 13.3. The molecule has 116 valence electrons. The van der Waals surface area contributed by atoms with Crippen LogP contribution in [0.4, 0.5) is 0 Å². The van der Waals surface area contributed by atoms with Crippen molar-refractivity contribution in [1.82, 2.24) is 25.2 Å². The summed E-state index contributed by atoms with van der Waals surface area (Å²) in [5.74, 6) is 0.0657. The predicted molar refractivity (Wildman–Crippen MR) is 85.3 cm³/mol. The lowest BCUT2D eigenvalue weighted by atomic mass is 10.2. The van der Waals surface area contributed by atoms with Gasteiger partial charge in [0.05, 0.1) is 24.5 Å². The van der Waals surface area contributed by atoms with Crippen molar-refractivity contribution in [2.75, 3.05) is 13.1 Å². The number of aromatic nitrogens is 3. The molecule has 0 radical (unpaired) electrons. The second-order valence-electron chi connectivity index (χ2n) is 5.37. The zero-order chi connectivity index (χ0) is 15.4. The van der Waals surface area contributed by atoms with Gasteiger partial charge in [0.15, 0.2) is 0 Å². The Morgan fingerprint density at radius 1 is 1.41 bits per heavy atom. The second kappa shape index (κ2) is 6.93. The molecule has 1 N–H and O–H groups in total. The highest BCUT2D eigenvalue weighted by Gasteiger charge is 2.23. The molecule has 1 atom stereocenters. The van der Waals surface area contributed by atoms with Gasteiger partial charge in [-0.3, -0.25) is 19.7 Å². The number of nitrogens with one attached hydrogen (secondary N) is 1. The molecule has 0 spiro atoms. The van der Waals surface area contributed by atoms with Crippen molar-refractivity contribution in [1.29, 1.82) is 0 Å². The summed E-state index contributed by atoms with van der Waals surface area (Å²) in [7, 11) is 0. The van der Waals surface area contributed by atoms with Gasteiger partial charge in [0.25, 0.3) is 0 Å². The normalized spacial score (nSPS) is 16.6. The van der Waals surface area contributed by atoms with Gasteiger partial charge in [-0.05, 0) is 32.9 Å². The van der Waals surface area contributed by atoms with E-state index in [1.54, 1.807) is 18.6 Å². The molecule has 2 aromatic rings. The van der Waals surface area contributed by atoms with Gasteiger partial charge in [-0.1, -0.05) is 0 Å². The summed E-state index contributed by atoms with van der Waals surface area (Å²) in [5, 5.41) is 5.74. The standard InChI is InChI=1S/C15H19N5OS/c1-11(20-6-2-3-7-20)14(21)18-8-12-10-22-15(19-12)13-9-16-4-5-17-13/h4-5,9-11H,2-3,6-8H2,1H3,(H,18,21)/t11-/m1/s1. The molecular weight excluding hydrogens is 298 g/mol. The molecule has 7 heteroatoms. The largest absolute Gasteiger partial charge is 0.349 e. The van der Waals surface area contributed by atoms with Crippen molar-refractivity contribution < 1.29 is 4.79 Å². The highest BCUT2D eigenvalue weighted by atomic mass is 32.1. The summed E-state index contributed by atoms with van der Waals surface area (Å²) in [6, 6.07) is -0.0689. The van der Waals surface area contributed by atoms with Gasteiger partial charge in [-0.2, -0.15) is 0 Å². The minimum atomic E-state index is -0.0689. The third-order valence-electron chi connectivity index (χ3n) is 3.85. The average Bonchev–Trinajstić information content (AvgIpc) is 3.24. The molecule has 2 aromatic heterocycles. The molecule has 0 saturated carbocycles. The van der Waals surface area contributed by atoms with Crippen LogP contribution in [-0.4, -0.2) is 44.9 Å². The van der Waals surface area contributed by atoms with Crippen LogP contribution in [-0.2, 0) is 11.3 Å². The van der Waals surface area contributed by atoms with E-state index < -0.39 is 0 Å². The molecule has 0 unspecified atom stereocenters. The minimum absolute atomic E-state index is 0.0657. The van der Waals surface area contributed by atoms with Gasteiger partial charge in [0, 0.05) is 17.8 Å². The van der Waals surface area contributed by atoms with Crippen molar-refractivity contribution in [3.63, 3.8) is 0 Å². The van der Waals surface area contributed by atoms with E-state index in [4.69, 9.17) is 0 Å². The minimum Gasteiger partial charge on any atom is -0.349 e. The van der Waals surface area contributed by atoms with E-state index in [0.717, 1.165) is 29.5 Å². The number of carbonyl (C=O) groups excluding carboxylic acids is 1. The first-order valence-electron chi connectivity index (χ1n) is 7.46. The third-order valence-corrected chi connectivity index (χ3v) is 4.76. The number of amides is 1. The molecular formula is C15H19N5OS. The van der Waals surface area contributed by atoms with Crippen LogP contribution < -0.4 is 5.32 Å². The molecule has 1 fully saturated rings. The average molecular weight is 317 g/mol. The Labute approximate surface area is 133 Å². The van der Waals surface area contributed by atoms with Crippen LogP contribution in [0.25, 0.3) is 10.7 Å². The van der Waals surface area contributed by atoms with Crippen molar-refractivity contribution in [3.05, 3.63) is 29.7 Å². The molecule has 6 nitrogen and oxygen atoms in total.